The maximum absolute atomic E-state index is 12.7. The zero-order valence-corrected chi connectivity index (χ0v) is 20.5. The third kappa shape index (κ3) is 4.85. The monoisotopic (exact) mass is 472 g/mol. The molecule has 0 aromatic heterocycles. The molecule has 1 aliphatic carbocycles. The number of urea groups is 1. The van der Waals surface area contributed by atoms with Gasteiger partial charge < -0.3 is 19.7 Å². The number of hydrogen-bond donors (Lipinski definition) is 1. The molecule has 1 saturated carbocycles. The van der Waals surface area contributed by atoms with Crippen molar-refractivity contribution in [3.63, 3.8) is 0 Å². The van der Waals surface area contributed by atoms with E-state index in [0.29, 0.717) is 32.5 Å². The van der Waals surface area contributed by atoms with Crippen LogP contribution >= 0.6 is 0 Å². The lowest BCUT2D eigenvalue weighted by molar-refractivity contribution is -0.134. The number of amides is 4. The van der Waals surface area contributed by atoms with E-state index in [1.807, 2.05) is 17.0 Å². The van der Waals surface area contributed by atoms with Gasteiger partial charge in [0.05, 0.1) is 14.2 Å². The summed E-state index contributed by atoms with van der Waals surface area (Å²) in [5.74, 6) is 1.43. The molecule has 34 heavy (non-hydrogen) atoms. The number of nitrogens with zero attached hydrogens (tertiary/aromatic N) is 3. The van der Waals surface area contributed by atoms with Gasteiger partial charge in [-0.2, -0.15) is 0 Å². The van der Waals surface area contributed by atoms with Gasteiger partial charge in [-0.15, -0.1) is 0 Å². The van der Waals surface area contributed by atoms with E-state index in [-0.39, 0.29) is 17.8 Å². The molecule has 3 fully saturated rings. The zero-order valence-electron chi connectivity index (χ0n) is 20.5. The second-order valence-electron chi connectivity index (χ2n) is 9.57. The van der Waals surface area contributed by atoms with E-state index < -0.39 is 5.54 Å². The van der Waals surface area contributed by atoms with Crippen molar-refractivity contribution in [2.24, 2.45) is 0 Å². The van der Waals surface area contributed by atoms with Crippen molar-refractivity contribution in [3.05, 3.63) is 23.3 Å². The molecular weight excluding hydrogens is 436 g/mol. The molecular formula is C25H36N4O5. The summed E-state index contributed by atoms with van der Waals surface area (Å²) >= 11 is 0. The van der Waals surface area contributed by atoms with Crippen LogP contribution in [0.2, 0.25) is 0 Å². The van der Waals surface area contributed by atoms with E-state index in [1.165, 1.54) is 10.5 Å². The predicted molar refractivity (Wildman–Crippen MR) is 127 cm³/mol. The molecule has 9 nitrogen and oxygen atoms in total. The van der Waals surface area contributed by atoms with Crippen LogP contribution < -0.4 is 14.8 Å². The van der Waals surface area contributed by atoms with Crippen molar-refractivity contribution in [2.75, 3.05) is 46.9 Å². The van der Waals surface area contributed by atoms with Crippen molar-refractivity contribution in [2.45, 2.75) is 57.5 Å². The van der Waals surface area contributed by atoms with Gasteiger partial charge in [0, 0.05) is 45.7 Å². The molecule has 4 rings (SSSR count). The first-order valence-electron chi connectivity index (χ1n) is 12.2. The van der Waals surface area contributed by atoms with Crippen molar-refractivity contribution >= 4 is 17.8 Å². The highest BCUT2D eigenvalue weighted by Gasteiger charge is 2.52. The molecule has 2 aliphatic heterocycles. The smallest absolute Gasteiger partial charge is 0.325 e. The standard InChI is InChI=1S/C25H36N4O5/c1-18-15-20(33-2)21(34-3)16-19(18)17-27-11-13-28(14-12-27)22(30)7-6-10-29-23(31)25(26-24(29)32)8-4-5-9-25/h15-16H,4-14,17H2,1-3H3,(H,26,32). The van der Waals surface area contributed by atoms with Crippen LogP contribution in [-0.2, 0) is 16.1 Å². The van der Waals surface area contributed by atoms with E-state index in [9.17, 15) is 14.4 Å². The number of ether oxygens (including phenoxy) is 2. The Kier molecular flexibility index (Phi) is 7.30. The minimum atomic E-state index is -0.677. The number of nitrogens with one attached hydrogen (secondary N) is 1. The molecule has 186 valence electrons. The number of piperazine rings is 1. The van der Waals surface area contributed by atoms with Crippen LogP contribution in [0, 0.1) is 6.92 Å². The lowest BCUT2D eigenvalue weighted by Gasteiger charge is -2.35. The lowest BCUT2D eigenvalue weighted by atomic mass is 9.98. The Bertz CT molecular complexity index is 935. The largest absolute Gasteiger partial charge is 0.493 e. The van der Waals surface area contributed by atoms with Crippen molar-refractivity contribution in [3.8, 4) is 11.5 Å². The Morgan fingerprint density at radius 2 is 1.68 bits per heavy atom. The van der Waals surface area contributed by atoms with E-state index >= 15 is 0 Å². The van der Waals surface area contributed by atoms with Crippen LogP contribution in [0.25, 0.3) is 0 Å². The highest BCUT2D eigenvalue weighted by atomic mass is 16.5. The minimum absolute atomic E-state index is 0.0876. The fraction of sp³-hybridized carbons (Fsp3) is 0.640. The summed E-state index contributed by atoms with van der Waals surface area (Å²) in [7, 11) is 3.28. The maximum atomic E-state index is 12.7. The normalized spacial score (nSPS) is 20.2. The Morgan fingerprint density at radius 3 is 2.32 bits per heavy atom. The molecule has 9 heteroatoms. The van der Waals surface area contributed by atoms with E-state index in [4.69, 9.17) is 9.47 Å². The maximum Gasteiger partial charge on any atom is 0.325 e. The molecule has 1 aromatic carbocycles. The van der Waals surface area contributed by atoms with Crippen LogP contribution in [-0.4, -0.2) is 85.0 Å². The first kappa shape index (κ1) is 24.3. The SMILES string of the molecule is COc1cc(C)c(CN2CCN(C(=O)CCCN3C(=O)NC4(CCCC4)C3=O)CC2)cc1OC. The third-order valence-corrected chi connectivity index (χ3v) is 7.44. The van der Waals surface area contributed by atoms with Gasteiger partial charge in [0.15, 0.2) is 11.5 Å². The van der Waals surface area contributed by atoms with E-state index in [2.05, 4.69) is 17.1 Å². The zero-order chi connectivity index (χ0) is 24.3. The molecule has 0 unspecified atom stereocenters. The Morgan fingerprint density at radius 1 is 1.03 bits per heavy atom. The minimum Gasteiger partial charge on any atom is -0.493 e. The topological polar surface area (TPSA) is 91.4 Å². The Hall–Kier alpha value is -2.81. The summed E-state index contributed by atoms with van der Waals surface area (Å²) in [4.78, 5) is 43.3. The van der Waals surface area contributed by atoms with Crippen molar-refractivity contribution in [1.29, 1.82) is 0 Å². The molecule has 2 saturated heterocycles. The second-order valence-corrected chi connectivity index (χ2v) is 9.57. The average molecular weight is 473 g/mol. The summed E-state index contributed by atoms with van der Waals surface area (Å²) in [6, 6.07) is 3.71. The van der Waals surface area contributed by atoms with Gasteiger partial charge >= 0.3 is 6.03 Å². The summed E-state index contributed by atoms with van der Waals surface area (Å²) in [6.45, 7) is 6.12. The second kappa shape index (κ2) is 10.2. The summed E-state index contributed by atoms with van der Waals surface area (Å²) < 4.78 is 10.8. The number of rotatable bonds is 8. The van der Waals surface area contributed by atoms with Gasteiger partial charge in [0.2, 0.25) is 5.91 Å². The van der Waals surface area contributed by atoms with Gasteiger partial charge in [-0.25, -0.2) is 4.79 Å². The van der Waals surface area contributed by atoms with E-state index in [1.54, 1.807) is 14.2 Å². The molecule has 2 heterocycles. The van der Waals surface area contributed by atoms with Crippen LogP contribution in [0.15, 0.2) is 12.1 Å². The predicted octanol–water partition coefficient (Wildman–Crippen LogP) is 2.30. The van der Waals surface area contributed by atoms with Crippen LogP contribution in [0.1, 0.15) is 49.7 Å². The molecule has 4 amide bonds. The first-order valence-corrected chi connectivity index (χ1v) is 12.2. The number of hydrogen-bond acceptors (Lipinski definition) is 6. The third-order valence-electron chi connectivity index (χ3n) is 7.44. The molecule has 0 radical (unpaired) electrons. The molecule has 0 atom stereocenters. The first-order chi connectivity index (χ1) is 16.4. The number of imide groups is 1. The quantitative estimate of drug-likeness (QED) is 0.584. The highest BCUT2D eigenvalue weighted by molar-refractivity contribution is 6.07. The van der Waals surface area contributed by atoms with E-state index in [0.717, 1.165) is 62.4 Å². The summed E-state index contributed by atoms with van der Waals surface area (Å²) in [6.07, 6.45) is 4.23. The number of methoxy groups -OCH3 is 2. The average Bonchev–Trinajstić information content (AvgIpc) is 3.40. The van der Waals surface area contributed by atoms with Crippen LogP contribution in [0.5, 0.6) is 11.5 Å². The van der Waals surface area contributed by atoms with Gasteiger partial charge in [-0.3, -0.25) is 19.4 Å². The van der Waals surface area contributed by atoms with Crippen LogP contribution in [0.3, 0.4) is 0 Å². The molecule has 3 aliphatic rings. The number of carbonyl (C=O) groups is 3. The molecule has 1 aromatic rings. The molecule has 1 N–H and O–H groups in total. The highest BCUT2D eigenvalue weighted by Crippen LogP contribution is 2.35. The molecule has 0 bridgehead atoms. The summed E-state index contributed by atoms with van der Waals surface area (Å²) in [5.41, 5.74) is 1.66. The summed E-state index contributed by atoms with van der Waals surface area (Å²) in [5, 5.41) is 2.89. The van der Waals surface area contributed by atoms with Gasteiger partial charge in [-0.05, 0) is 49.4 Å². The number of benzene rings is 1. The lowest BCUT2D eigenvalue weighted by Crippen LogP contribution is -2.48. The van der Waals surface area contributed by atoms with Gasteiger partial charge in [-0.1, -0.05) is 12.8 Å². The van der Waals surface area contributed by atoms with Crippen molar-refractivity contribution < 1.29 is 23.9 Å². The number of aryl methyl sites for hydroxylation is 1. The fourth-order valence-electron chi connectivity index (χ4n) is 5.33. The Labute approximate surface area is 201 Å². The van der Waals surface area contributed by atoms with Crippen LogP contribution in [0.4, 0.5) is 4.79 Å². The number of carbonyl (C=O) groups excluding carboxylic acids is 3. The Balaban J connectivity index is 1.22. The van der Waals surface area contributed by atoms with Gasteiger partial charge in [0.25, 0.3) is 5.91 Å². The molecule has 1 spiro atoms. The van der Waals surface area contributed by atoms with Gasteiger partial charge in [0.1, 0.15) is 5.54 Å². The fourth-order valence-corrected chi connectivity index (χ4v) is 5.33. The van der Waals surface area contributed by atoms with Crippen molar-refractivity contribution in [1.82, 2.24) is 20.0 Å².